The third-order valence-corrected chi connectivity index (χ3v) is 4.54. The van der Waals surface area contributed by atoms with E-state index in [0.717, 1.165) is 10.8 Å². The van der Waals surface area contributed by atoms with Crippen LogP contribution in [-0.2, 0) is 19.4 Å². The molecule has 0 aliphatic heterocycles. The van der Waals surface area contributed by atoms with Crippen molar-refractivity contribution in [2.75, 3.05) is 0 Å². The molecular formula is C23H24O7S. The van der Waals surface area contributed by atoms with Gasteiger partial charge in [0.1, 0.15) is 17.1 Å². The van der Waals surface area contributed by atoms with E-state index in [1.807, 2.05) is 0 Å². The Morgan fingerprint density at radius 2 is 1.19 bits per heavy atom. The van der Waals surface area contributed by atoms with Gasteiger partial charge in [-0.15, -0.1) is 0 Å². The molecule has 2 aromatic carbocycles. The van der Waals surface area contributed by atoms with E-state index in [4.69, 9.17) is 14.2 Å². The van der Waals surface area contributed by atoms with Gasteiger partial charge in [0.25, 0.3) is 0 Å². The Kier molecular flexibility index (Phi) is 7.77. The fourth-order valence-corrected chi connectivity index (χ4v) is 3.00. The van der Waals surface area contributed by atoms with E-state index in [-0.39, 0.29) is 5.75 Å². The number of sulfone groups is 1. The Hall–Kier alpha value is -3.39. The van der Waals surface area contributed by atoms with Crippen LogP contribution in [0.4, 0.5) is 4.79 Å². The second-order valence-electron chi connectivity index (χ2n) is 7.49. The predicted molar refractivity (Wildman–Crippen MR) is 118 cm³/mol. The van der Waals surface area contributed by atoms with Crippen LogP contribution in [0, 0.1) is 0 Å². The molecule has 2 rings (SSSR count). The quantitative estimate of drug-likeness (QED) is 0.352. The zero-order valence-corrected chi connectivity index (χ0v) is 18.5. The van der Waals surface area contributed by atoms with Gasteiger partial charge in [0, 0.05) is 17.7 Å². The van der Waals surface area contributed by atoms with Crippen LogP contribution in [0.3, 0.4) is 0 Å². The predicted octanol–water partition coefficient (Wildman–Crippen LogP) is 4.98. The zero-order valence-electron chi connectivity index (χ0n) is 17.7. The van der Waals surface area contributed by atoms with Crippen molar-refractivity contribution in [3.05, 3.63) is 70.5 Å². The number of carbonyl (C=O) groups is 2. The lowest BCUT2D eigenvalue weighted by molar-refractivity contribution is -0.131. The van der Waals surface area contributed by atoms with Gasteiger partial charge >= 0.3 is 12.1 Å². The maximum absolute atomic E-state index is 12.2. The first-order valence-corrected chi connectivity index (χ1v) is 10.9. The summed E-state index contributed by atoms with van der Waals surface area (Å²) in [5, 5.41) is 2.14. The van der Waals surface area contributed by atoms with E-state index >= 15 is 0 Å². The summed E-state index contributed by atoms with van der Waals surface area (Å²) in [6.07, 6.45) is 2.06. The van der Waals surface area contributed by atoms with Crippen molar-refractivity contribution < 1.29 is 32.2 Å². The van der Waals surface area contributed by atoms with Crippen molar-refractivity contribution in [3.63, 3.8) is 0 Å². The molecule has 2 aromatic rings. The molecule has 164 valence electrons. The highest BCUT2D eigenvalue weighted by molar-refractivity contribution is 7.97. The summed E-state index contributed by atoms with van der Waals surface area (Å²) in [4.78, 5) is 22.6. The molecule has 0 bridgehead atoms. The first-order chi connectivity index (χ1) is 14.4. The second-order valence-corrected chi connectivity index (χ2v) is 9.22. The molecule has 0 aliphatic carbocycles. The standard InChI is InChI=1S/C23H24O7S/c1-17(24)28-20-9-5-18(6-10-20)13-15-31(26,27)16-14-19-7-11-21(12-8-19)29-22(25)30-23(2,3)4/h5-16H,1-4H3. The van der Waals surface area contributed by atoms with Crippen molar-refractivity contribution in [1.82, 2.24) is 0 Å². The monoisotopic (exact) mass is 444 g/mol. The van der Waals surface area contributed by atoms with Crippen LogP contribution in [0.2, 0.25) is 0 Å². The molecule has 0 fully saturated rings. The Bertz CT molecular complexity index is 1070. The molecule has 0 aliphatic rings. The lowest BCUT2D eigenvalue weighted by Crippen LogP contribution is -2.25. The molecule has 0 amide bonds. The number of hydrogen-bond donors (Lipinski definition) is 0. The van der Waals surface area contributed by atoms with Crippen LogP contribution in [0.1, 0.15) is 38.8 Å². The number of benzene rings is 2. The van der Waals surface area contributed by atoms with Gasteiger partial charge in [-0.3, -0.25) is 4.79 Å². The lowest BCUT2D eigenvalue weighted by Gasteiger charge is -2.18. The van der Waals surface area contributed by atoms with Gasteiger partial charge in [-0.1, -0.05) is 24.3 Å². The van der Waals surface area contributed by atoms with Crippen LogP contribution in [0.5, 0.6) is 11.5 Å². The fourth-order valence-electron chi connectivity index (χ4n) is 2.22. The van der Waals surface area contributed by atoms with Gasteiger partial charge in [-0.25, -0.2) is 13.2 Å². The molecule has 8 heteroatoms. The summed E-state index contributed by atoms with van der Waals surface area (Å²) in [6.45, 7) is 6.49. The third kappa shape index (κ3) is 9.31. The molecule has 0 aromatic heterocycles. The second kappa shape index (κ2) is 10.1. The SMILES string of the molecule is CC(=O)Oc1ccc(C=CS(=O)(=O)C=Cc2ccc(OC(=O)OC(C)(C)C)cc2)cc1. The van der Waals surface area contributed by atoms with E-state index in [9.17, 15) is 18.0 Å². The summed E-state index contributed by atoms with van der Waals surface area (Å²) in [5.41, 5.74) is 0.585. The molecule has 0 heterocycles. The fraction of sp³-hybridized carbons (Fsp3) is 0.217. The Morgan fingerprint density at radius 3 is 1.58 bits per heavy atom. The Labute approximate surface area is 181 Å². The largest absolute Gasteiger partial charge is 0.514 e. The van der Waals surface area contributed by atoms with Crippen molar-refractivity contribution in [2.24, 2.45) is 0 Å². The zero-order chi connectivity index (χ0) is 23.1. The highest BCUT2D eigenvalue weighted by atomic mass is 32.2. The van der Waals surface area contributed by atoms with Crippen molar-refractivity contribution in [3.8, 4) is 11.5 Å². The normalized spacial score (nSPS) is 12.1. The van der Waals surface area contributed by atoms with E-state index in [1.165, 1.54) is 31.2 Å². The first-order valence-electron chi connectivity index (χ1n) is 9.32. The van der Waals surface area contributed by atoms with Gasteiger partial charge in [0.15, 0.2) is 9.84 Å². The van der Waals surface area contributed by atoms with Crippen molar-refractivity contribution in [2.45, 2.75) is 33.3 Å². The highest BCUT2D eigenvalue weighted by Crippen LogP contribution is 2.17. The number of esters is 1. The van der Waals surface area contributed by atoms with Crippen LogP contribution >= 0.6 is 0 Å². The molecule has 0 N–H and O–H groups in total. The number of carbonyl (C=O) groups excluding carboxylic acids is 2. The van der Waals surface area contributed by atoms with Gasteiger partial charge in [-0.05, 0) is 68.3 Å². The minimum absolute atomic E-state index is 0.284. The minimum Gasteiger partial charge on any atom is -0.428 e. The Morgan fingerprint density at radius 1 is 0.774 bits per heavy atom. The summed E-state index contributed by atoms with van der Waals surface area (Å²) in [5.74, 6) is 0.235. The Balaban J connectivity index is 1.98. The molecule has 0 unspecified atom stereocenters. The average Bonchev–Trinajstić information content (AvgIpc) is 2.65. The van der Waals surface area contributed by atoms with E-state index < -0.39 is 27.6 Å². The molecule has 0 saturated heterocycles. The van der Waals surface area contributed by atoms with E-state index in [0.29, 0.717) is 16.9 Å². The van der Waals surface area contributed by atoms with Crippen molar-refractivity contribution >= 4 is 34.1 Å². The van der Waals surface area contributed by atoms with Gasteiger partial charge in [0.2, 0.25) is 0 Å². The number of rotatable bonds is 6. The summed E-state index contributed by atoms with van der Waals surface area (Å²) >= 11 is 0. The number of ether oxygens (including phenoxy) is 3. The topological polar surface area (TPSA) is 96.0 Å². The van der Waals surface area contributed by atoms with Crippen molar-refractivity contribution in [1.29, 1.82) is 0 Å². The van der Waals surface area contributed by atoms with Gasteiger partial charge < -0.3 is 14.2 Å². The van der Waals surface area contributed by atoms with Crippen LogP contribution in [0.15, 0.2) is 59.3 Å². The summed E-state index contributed by atoms with van der Waals surface area (Å²) in [7, 11) is -3.61. The maximum Gasteiger partial charge on any atom is 0.514 e. The first kappa shape index (κ1) is 23.9. The smallest absolute Gasteiger partial charge is 0.428 e. The van der Waals surface area contributed by atoms with E-state index in [1.54, 1.807) is 57.2 Å². The molecule has 0 saturated carbocycles. The molecule has 0 atom stereocenters. The van der Waals surface area contributed by atoms with Crippen LogP contribution in [0.25, 0.3) is 12.2 Å². The lowest BCUT2D eigenvalue weighted by atomic mass is 10.2. The van der Waals surface area contributed by atoms with Gasteiger partial charge in [-0.2, -0.15) is 0 Å². The van der Waals surface area contributed by atoms with Crippen LogP contribution in [-0.4, -0.2) is 26.1 Å². The molecular weight excluding hydrogens is 420 g/mol. The average molecular weight is 445 g/mol. The molecule has 0 radical (unpaired) electrons. The van der Waals surface area contributed by atoms with E-state index in [2.05, 4.69) is 0 Å². The van der Waals surface area contributed by atoms with Gasteiger partial charge in [0.05, 0.1) is 0 Å². The summed E-state index contributed by atoms with van der Waals surface area (Å²) < 4.78 is 39.5. The van der Waals surface area contributed by atoms with Crippen LogP contribution < -0.4 is 9.47 Å². The molecule has 7 nitrogen and oxygen atoms in total. The maximum atomic E-state index is 12.2. The molecule has 0 spiro atoms. The number of hydrogen-bond acceptors (Lipinski definition) is 7. The molecule has 31 heavy (non-hydrogen) atoms. The highest BCUT2D eigenvalue weighted by Gasteiger charge is 2.17. The summed E-state index contributed by atoms with van der Waals surface area (Å²) in [6, 6.07) is 12.7. The third-order valence-electron chi connectivity index (χ3n) is 3.51. The minimum atomic E-state index is -3.61.